The molecule has 0 amide bonds. The first-order chi connectivity index (χ1) is 12.5. The maximum atomic E-state index is 14.7. The van der Waals surface area contributed by atoms with Gasteiger partial charge in [-0.1, -0.05) is 18.5 Å². The van der Waals surface area contributed by atoms with E-state index in [1.165, 1.54) is 18.2 Å². The Morgan fingerprint density at radius 2 is 2.04 bits per heavy atom. The van der Waals surface area contributed by atoms with Crippen LogP contribution in [-0.2, 0) is 16.0 Å². The van der Waals surface area contributed by atoms with Gasteiger partial charge in [-0.25, -0.2) is 4.79 Å². The number of rotatable bonds is 7. The molecule has 26 heavy (non-hydrogen) atoms. The summed E-state index contributed by atoms with van der Waals surface area (Å²) in [6.07, 6.45) is 0.685. The number of halogens is 2. The van der Waals surface area contributed by atoms with Crippen LogP contribution in [0.15, 0.2) is 30.3 Å². The molecule has 5 nitrogen and oxygen atoms in total. The molecule has 0 saturated carbocycles. The van der Waals surface area contributed by atoms with E-state index in [2.05, 4.69) is 0 Å². The number of hydrogen-bond acceptors (Lipinski definition) is 5. The lowest BCUT2D eigenvalue weighted by Crippen LogP contribution is -2.15. The van der Waals surface area contributed by atoms with Crippen LogP contribution in [0.3, 0.4) is 0 Å². The van der Waals surface area contributed by atoms with Crippen LogP contribution in [-0.4, -0.2) is 19.2 Å². The third-order valence-corrected chi connectivity index (χ3v) is 3.69. The van der Waals surface area contributed by atoms with E-state index in [4.69, 9.17) is 31.1 Å². The second-order valence-electron chi connectivity index (χ2n) is 5.22. The van der Waals surface area contributed by atoms with Crippen LogP contribution in [0.4, 0.5) is 4.39 Å². The summed E-state index contributed by atoms with van der Waals surface area (Å²) in [5.74, 6) is -1.61. The lowest BCUT2D eigenvalue weighted by Gasteiger charge is -2.13. The fraction of sp³-hybridized carbons (Fsp3) is 0.263. The SMILES string of the molecule is CCOC(=O)COc1ccc(Cl)c(Oc2cc(C#N)cc(CC)c2)c1F. The summed E-state index contributed by atoms with van der Waals surface area (Å²) in [5, 5.41) is 9.13. The highest BCUT2D eigenvalue weighted by atomic mass is 35.5. The summed E-state index contributed by atoms with van der Waals surface area (Å²) in [5.41, 5.74) is 1.26. The largest absolute Gasteiger partial charge is 0.479 e. The highest BCUT2D eigenvalue weighted by Gasteiger charge is 2.18. The Morgan fingerprint density at radius 1 is 1.27 bits per heavy atom. The van der Waals surface area contributed by atoms with Crippen molar-refractivity contribution in [3.63, 3.8) is 0 Å². The van der Waals surface area contributed by atoms with E-state index in [1.807, 2.05) is 13.0 Å². The van der Waals surface area contributed by atoms with Gasteiger partial charge in [-0.2, -0.15) is 9.65 Å². The van der Waals surface area contributed by atoms with E-state index in [0.717, 1.165) is 5.56 Å². The summed E-state index contributed by atoms with van der Waals surface area (Å²) < 4.78 is 30.1. The third-order valence-electron chi connectivity index (χ3n) is 3.39. The Hall–Kier alpha value is -2.78. The fourth-order valence-electron chi connectivity index (χ4n) is 2.16. The summed E-state index contributed by atoms with van der Waals surface area (Å²) in [6.45, 7) is 3.36. The number of nitrogens with zero attached hydrogens (tertiary/aromatic N) is 1. The van der Waals surface area contributed by atoms with Gasteiger partial charge in [0, 0.05) is 0 Å². The molecule has 0 bridgehead atoms. The molecular weight excluding hydrogens is 361 g/mol. The minimum absolute atomic E-state index is 0.0337. The highest BCUT2D eigenvalue weighted by Crippen LogP contribution is 2.37. The summed E-state index contributed by atoms with van der Waals surface area (Å²) >= 11 is 6.03. The van der Waals surface area contributed by atoms with Crippen LogP contribution in [0.5, 0.6) is 17.2 Å². The summed E-state index contributed by atoms with van der Waals surface area (Å²) in [6, 6.07) is 9.64. The van der Waals surface area contributed by atoms with Crippen molar-refractivity contribution in [3.8, 4) is 23.3 Å². The Bertz CT molecular complexity index is 848. The zero-order chi connectivity index (χ0) is 19.1. The molecule has 2 aromatic rings. The van der Waals surface area contributed by atoms with Gasteiger partial charge in [0.05, 0.1) is 23.3 Å². The first kappa shape index (κ1) is 19.5. The van der Waals surface area contributed by atoms with Crippen molar-refractivity contribution >= 4 is 17.6 Å². The van der Waals surface area contributed by atoms with Crippen LogP contribution < -0.4 is 9.47 Å². The van der Waals surface area contributed by atoms with Gasteiger partial charge in [-0.05, 0) is 49.2 Å². The molecule has 2 aromatic carbocycles. The molecule has 0 aliphatic rings. The number of hydrogen-bond donors (Lipinski definition) is 0. The normalized spacial score (nSPS) is 10.1. The number of carbonyl (C=O) groups excluding carboxylic acids is 1. The molecule has 0 aliphatic carbocycles. The predicted molar refractivity (Wildman–Crippen MR) is 94.1 cm³/mol. The number of nitriles is 1. The average Bonchev–Trinajstić information content (AvgIpc) is 2.64. The van der Waals surface area contributed by atoms with E-state index in [-0.39, 0.29) is 28.9 Å². The summed E-state index contributed by atoms with van der Waals surface area (Å²) in [4.78, 5) is 11.4. The van der Waals surface area contributed by atoms with Crippen molar-refractivity contribution in [2.45, 2.75) is 20.3 Å². The minimum atomic E-state index is -0.845. The Labute approximate surface area is 155 Å². The van der Waals surface area contributed by atoms with Gasteiger partial charge in [0.15, 0.2) is 18.1 Å². The molecular formula is C19H17ClFNO4. The van der Waals surface area contributed by atoms with E-state index in [9.17, 15) is 9.18 Å². The molecule has 0 aromatic heterocycles. The van der Waals surface area contributed by atoms with Gasteiger partial charge in [0.1, 0.15) is 5.75 Å². The molecule has 0 unspecified atom stereocenters. The Kier molecular flexibility index (Phi) is 6.81. The molecule has 0 atom stereocenters. The predicted octanol–water partition coefficient (Wildman–Crippen LogP) is 4.65. The third kappa shape index (κ3) is 4.87. The van der Waals surface area contributed by atoms with E-state index in [0.29, 0.717) is 12.0 Å². The maximum Gasteiger partial charge on any atom is 0.344 e. The van der Waals surface area contributed by atoms with Crippen LogP contribution in [0.2, 0.25) is 5.02 Å². The molecule has 0 N–H and O–H groups in total. The fourth-order valence-corrected chi connectivity index (χ4v) is 2.35. The number of aryl methyl sites for hydroxylation is 1. The number of ether oxygens (including phenoxy) is 3. The van der Waals surface area contributed by atoms with Gasteiger partial charge < -0.3 is 14.2 Å². The van der Waals surface area contributed by atoms with Crippen molar-refractivity contribution in [1.82, 2.24) is 0 Å². The monoisotopic (exact) mass is 377 g/mol. The van der Waals surface area contributed by atoms with Gasteiger partial charge in [0.25, 0.3) is 0 Å². The van der Waals surface area contributed by atoms with Crippen molar-refractivity contribution in [3.05, 3.63) is 52.3 Å². The molecule has 0 aliphatic heterocycles. The standard InChI is InChI=1S/C19H17ClFNO4/c1-3-12-7-13(10-22)9-14(8-12)26-19-15(20)5-6-16(18(19)21)25-11-17(23)24-4-2/h5-9H,3-4,11H2,1-2H3. The van der Waals surface area contributed by atoms with E-state index in [1.54, 1.807) is 19.1 Å². The zero-order valence-corrected chi connectivity index (χ0v) is 15.1. The molecule has 2 rings (SSSR count). The lowest BCUT2D eigenvalue weighted by molar-refractivity contribution is -0.145. The quantitative estimate of drug-likeness (QED) is 0.657. The topological polar surface area (TPSA) is 68.6 Å². The second kappa shape index (κ2) is 9.07. The van der Waals surface area contributed by atoms with Crippen LogP contribution >= 0.6 is 11.6 Å². The van der Waals surface area contributed by atoms with Crippen LogP contribution in [0.25, 0.3) is 0 Å². The molecule has 0 radical (unpaired) electrons. The van der Waals surface area contributed by atoms with Gasteiger partial charge in [-0.15, -0.1) is 0 Å². The van der Waals surface area contributed by atoms with Gasteiger partial charge in [0.2, 0.25) is 5.82 Å². The number of benzene rings is 2. The Morgan fingerprint density at radius 3 is 2.69 bits per heavy atom. The Balaban J connectivity index is 2.28. The van der Waals surface area contributed by atoms with Crippen molar-refractivity contribution in [1.29, 1.82) is 5.26 Å². The van der Waals surface area contributed by atoms with E-state index >= 15 is 0 Å². The summed E-state index contributed by atoms with van der Waals surface area (Å²) in [7, 11) is 0. The number of esters is 1. The zero-order valence-electron chi connectivity index (χ0n) is 14.3. The first-order valence-corrected chi connectivity index (χ1v) is 8.34. The molecule has 0 spiro atoms. The smallest absolute Gasteiger partial charge is 0.344 e. The van der Waals surface area contributed by atoms with Crippen molar-refractivity contribution in [2.24, 2.45) is 0 Å². The molecule has 0 heterocycles. The van der Waals surface area contributed by atoms with Crippen LogP contribution in [0.1, 0.15) is 25.0 Å². The highest BCUT2D eigenvalue weighted by molar-refractivity contribution is 6.32. The van der Waals surface area contributed by atoms with Crippen LogP contribution in [0, 0.1) is 17.1 Å². The first-order valence-electron chi connectivity index (χ1n) is 7.96. The molecule has 0 saturated heterocycles. The molecule has 0 fully saturated rings. The number of carbonyl (C=O) groups is 1. The van der Waals surface area contributed by atoms with Crippen molar-refractivity contribution in [2.75, 3.05) is 13.2 Å². The second-order valence-corrected chi connectivity index (χ2v) is 5.62. The van der Waals surface area contributed by atoms with Gasteiger partial charge >= 0.3 is 5.97 Å². The minimum Gasteiger partial charge on any atom is -0.479 e. The van der Waals surface area contributed by atoms with Gasteiger partial charge in [-0.3, -0.25) is 0 Å². The van der Waals surface area contributed by atoms with E-state index < -0.39 is 18.4 Å². The van der Waals surface area contributed by atoms with Crippen molar-refractivity contribution < 1.29 is 23.4 Å². The lowest BCUT2D eigenvalue weighted by atomic mass is 10.1. The average molecular weight is 378 g/mol. The maximum absolute atomic E-state index is 14.7. The molecule has 136 valence electrons. The molecule has 7 heteroatoms.